The van der Waals surface area contributed by atoms with Crippen LogP contribution >= 0.6 is 11.8 Å². The van der Waals surface area contributed by atoms with Gasteiger partial charge in [-0.15, -0.1) is 10.2 Å². The monoisotopic (exact) mass is 491 g/mol. The van der Waals surface area contributed by atoms with Crippen molar-refractivity contribution < 1.29 is 4.79 Å². The van der Waals surface area contributed by atoms with Gasteiger partial charge in [-0.3, -0.25) is 14.3 Å². The van der Waals surface area contributed by atoms with Crippen molar-refractivity contribution >= 4 is 23.4 Å². The van der Waals surface area contributed by atoms with Crippen LogP contribution in [0.4, 0.5) is 5.69 Å². The molecule has 5 aromatic rings. The minimum Gasteiger partial charge on any atom is -0.325 e. The summed E-state index contributed by atoms with van der Waals surface area (Å²) in [5, 5.41) is 12.3. The van der Waals surface area contributed by atoms with Gasteiger partial charge in [0.15, 0.2) is 11.0 Å². The van der Waals surface area contributed by atoms with Crippen molar-refractivity contribution in [3.05, 3.63) is 115 Å². The summed E-state index contributed by atoms with van der Waals surface area (Å²) in [5.41, 5.74) is 4.87. The molecule has 36 heavy (non-hydrogen) atoms. The lowest BCUT2D eigenvalue weighted by molar-refractivity contribution is -0.115. The largest absolute Gasteiger partial charge is 0.325 e. The Morgan fingerprint density at radius 3 is 2.25 bits per heavy atom. The number of benzene rings is 3. The number of thioether (sulfide) groups is 1. The highest BCUT2D eigenvalue weighted by molar-refractivity contribution is 8.00. The van der Waals surface area contributed by atoms with E-state index in [-0.39, 0.29) is 5.91 Å². The van der Waals surface area contributed by atoms with Crippen LogP contribution in [0.25, 0.3) is 22.5 Å². The normalized spacial score (nSPS) is 11.7. The molecule has 178 valence electrons. The number of pyridine rings is 1. The Morgan fingerprint density at radius 1 is 0.833 bits per heavy atom. The molecule has 1 amide bonds. The lowest BCUT2D eigenvalue weighted by atomic mass is 10.0. The van der Waals surface area contributed by atoms with Gasteiger partial charge in [-0.05, 0) is 36.2 Å². The van der Waals surface area contributed by atoms with E-state index < -0.39 is 5.25 Å². The number of amides is 1. The first kappa shape index (κ1) is 23.5. The molecule has 0 aliphatic carbocycles. The lowest BCUT2D eigenvalue weighted by Gasteiger charge is -2.16. The molecule has 0 saturated heterocycles. The SMILES string of the molecule is CC(Sc1nnc(-c2ccncc2)n1Cc1ccccc1)C(=O)Nc1ccccc1-c1ccccc1. The number of aromatic nitrogens is 4. The van der Waals surface area contributed by atoms with Crippen LogP contribution in [0.1, 0.15) is 12.5 Å². The summed E-state index contributed by atoms with van der Waals surface area (Å²) in [7, 11) is 0. The Kier molecular flexibility index (Phi) is 7.19. The predicted octanol–water partition coefficient (Wildman–Crippen LogP) is 6.17. The van der Waals surface area contributed by atoms with Gasteiger partial charge in [-0.1, -0.05) is 90.6 Å². The molecule has 2 heterocycles. The Bertz CT molecular complexity index is 1440. The fourth-order valence-electron chi connectivity index (χ4n) is 3.91. The van der Waals surface area contributed by atoms with Crippen molar-refractivity contribution in [1.82, 2.24) is 19.7 Å². The van der Waals surface area contributed by atoms with Crippen LogP contribution in [0.15, 0.2) is 115 Å². The van der Waals surface area contributed by atoms with E-state index in [9.17, 15) is 4.79 Å². The van der Waals surface area contributed by atoms with Crippen LogP contribution in [-0.4, -0.2) is 30.9 Å². The van der Waals surface area contributed by atoms with E-state index in [0.717, 1.165) is 33.8 Å². The second-order valence-electron chi connectivity index (χ2n) is 8.27. The van der Waals surface area contributed by atoms with E-state index in [4.69, 9.17) is 0 Å². The van der Waals surface area contributed by atoms with Gasteiger partial charge in [0.2, 0.25) is 5.91 Å². The number of anilines is 1. The first-order valence-corrected chi connectivity index (χ1v) is 12.6. The summed E-state index contributed by atoms with van der Waals surface area (Å²) >= 11 is 1.40. The highest BCUT2D eigenvalue weighted by atomic mass is 32.2. The van der Waals surface area contributed by atoms with Crippen molar-refractivity contribution in [3.8, 4) is 22.5 Å². The Hall–Kier alpha value is -4.23. The predicted molar refractivity (Wildman–Crippen MR) is 145 cm³/mol. The average molecular weight is 492 g/mol. The zero-order valence-corrected chi connectivity index (χ0v) is 20.6. The second-order valence-corrected chi connectivity index (χ2v) is 9.58. The summed E-state index contributed by atoms with van der Waals surface area (Å²) < 4.78 is 2.05. The van der Waals surface area contributed by atoms with E-state index in [1.54, 1.807) is 12.4 Å². The van der Waals surface area contributed by atoms with Gasteiger partial charge in [0.25, 0.3) is 0 Å². The highest BCUT2D eigenvalue weighted by Gasteiger charge is 2.22. The number of hydrogen-bond acceptors (Lipinski definition) is 5. The molecular formula is C29H25N5OS. The summed E-state index contributed by atoms with van der Waals surface area (Å²) in [6, 6.07) is 31.9. The first-order valence-electron chi connectivity index (χ1n) is 11.7. The molecule has 5 rings (SSSR count). The van der Waals surface area contributed by atoms with Gasteiger partial charge < -0.3 is 5.32 Å². The fourth-order valence-corrected chi connectivity index (χ4v) is 4.75. The second kappa shape index (κ2) is 11.0. The molecule has 7 heteroatoms. The van der Waals surface area contributed by atoms with E-state index >= 15 is 0 Å². The standard InChI is InChI=1S/C29H25N5OS/c1-21(28(35)31-26-15-9-8-14-25(26)23-12-6-3-7-13-23)36-29-33-32-27(24-16-18-30-19-17-24)34(29)20-22-10-4-2-5-11-22/h2-19,21H,20H2,1H3,(H,31,35). The summed E-state index contributed by atoms with van der Waals surface area (Å²) in [4.78, 5) is 17.4. The van der Waals surface area contributed by atoms with Crippen LogP contribution in [-0.2, 0) is 11.3 Å². The molecular weight excluding hydrogens is 466 g/mol. The van der Waals surface area contributed by atoms with Gasteiger partial charge in [-0.2, -0.15) is 0 Å². The molecule has 0 saturated carbocycles. The molecule has 0 spiro atoms. The van der Waals surface area contributed by atoms with Crippen molar-refractivity contribution in [2.45, 2.75) is 23.9 Å². The van der Waals surface area contributed by atoms with Crippen LogP contribution in [0.3, 0.4) is 0 Å². The Morgan fingerprint density at radius 2 is 1.50 bits per heavy atom. The molecule has 3 aromatic carbocycles. The maximum Gasteiger partial charge on any atom is 0.237 e. The van der Waals surface area contributed by atoms with E-state index in [2.05, 4.69) is 37.2 Å². The van der Waals surface area contributed by atoms with E-state index in [0.29, 0.717) is 11.7 Å². The summed E-state index contributed by atoms with van der Waals surface area (Å²) in [6.45, 7) is 2.48. The van der Waals surface area contributed by atoms with Crippen molar-refractivity contribution in [2.75, 3.05) is 5.32 Å². The highest BCUT2D eigenvalue weighted by Crippen LogP contribution is 2.31. The number of hydrogen-bond donors (Lipinski definition) is 1. The molecule has 0 fully saturated rings. The zero-order valence-electron chi connectivity index (χ0n) is 19.8. The number of para-hydroxylation sites is 1. The molecule has 6 nitrogen and oxygen atoms in total. The third-order valence-electron chi connectivity index (χ3n) is 5.76. The number of carbonyl (C=O) groups is 1. The summed E-state index contributed by atoms with van der Waals surface area (Å²) in [6.07, 6.45) is 3.48. The molecule has 0 bridgehead atoms. The maximum absolute atomic E-state index is 13.2. The van der Waals surface area contributed by atoms with Gasteiger partial charge in [-0.25, -0.2) is 0 Å². The zero-order chi connectivity index (χ0) is 24.7. The van der Waals surface area contributed by atoms with E-state index in [1.165, 1.54) is 11.8 Å². The first-order chi connectivity index (χ1) is 17.7. The quantitative estimate of drug-likeness (QED) is 0.263. The van der Waals surface area contributed by atoms with Gasteiger partial charge in [0, 0.05) is 29.2 Å². The molecule has 1 atom stereocenters. The molecule has 1 N–H and O–H groups in total. The van der Waals surface area contributed by atoms with Crippen LogP contribution < -0.4 is 5.32 Å². The smallest absolute Gasteiger partial charge is 0.237 e. The lowest BCUT2D eigenvalue weighted by Crippen LogP contribution is -2.23. The average Bonchev–Trinajstić information content (AvgIpc) is 3.32. The van der Waals surface area contributed by atoms with Gasteiger partial charge in [0.05, 0.1) is 11.8 Å². The number of nitrogens with zero attached hydrogens (tertiary/aromatic N) is 4. The van der Waals surface area contributed by atoms with Crippen molar-refractivity contribution in [3.63, 3.8) is 0 Å². The van der Waals surface area contributed by atoms with E-state index in [1.807, 2.05) is 91.9 Å². The topological polar surface area (TPSA) is 72.7 Å². The van der Waals surface area contributed by atoms with Crippen LogP contribution in [0.5, 0.6) is 0 Å². The number of nitrogens with one attached hydrogen (secondary N) is 1. The molecule has 0 aliphatic rings. The number of carbonyl (C=O) groups excluding carboxylic acids is 1. The Labute approximate surface area is 214 Å². The van der Waals surface area contributed by atoms with Crippen LogP contribution in [0.2, 0.25) is 0 Å². The van der Waals surface area contributed by atoms with Gasteiger partial charge in [0.1, 0.15) is 0 Å². The fraction of sp³-hybridized carbons (Fsp3) is 0.103. The molecule has 1 unspecified atom stereocenters. The minimum atomic E-state index is -0.391. The van der Waals surface area contributed by atoms with Crippen molar-refractivity contribution in [1.29, 1.82) is 0 Å². The third kappa shape index (κ3) is 5.37. The number of rotatable bonds is 8. The minimum absolute atomic E-state index is 0.0943. The van der Waals surface area contributed by atoms with Gasteiger partial charge >= 0.3 is 0 Å². The summed E-state index contributed by atoms with van der Waals surface area (Å²) in [5.74, 6) is 0.647. The molecule has 0 aliphatic heterocycles. The molecule has 0 radical (unpaired) electrons. The molecule has 2 aromatic heterocycles. The third-order valence-corrected chi connectivity index (χ3v) is 6.84. The van der Waals surface area contributed by atoms with Crippen molar-refractivity contribution in [2.24, 2.45) is 0 Å². The maximum atomic E-state index is 13.2. The Balaban J connectivity index is 1.39. The van der Waals surface area contributed by atoms with Crippen LogP contribution in [0, 0.1) is 0 Å².